The van der Waals surface area contributed by atoms with Gasteiger partial charge in [-0.1, -0.05) is 48.0 Å². The second-order valence-electron chi connectivity index (χ2n) is 7.43. The van der Waals surface area contributed by atoms with Crippen molar-refractivity contribution in [2.24, 2.45) is 4.99 Å². The zero-order chi connectivity index (χ0) is 22.9. The van der Waals surface area contributed by atoms with Crippen molar-refractivity contribution >= 4 is 17.3 Å². The van der Waals surface area contributed by atoms with E-state index in [0.29, 0.717) is 28.3 Å². The first-order valence-corrected chi connectivity index (χ1v) is 10.3. The van der Waals surface area contributed by atoms with Crippen LogP contribution >= 0.6 is 11.6 Å². The van der Waals surface area contributed by atoms with E-state index in [0.717, 1.165) is 23.4 Å². The van der Waals surface area contributed by atoms with Gasteiger partial charge in [0.15, 0.2) is 11.5 Å². The van der Waals surface area contributed by atoms with Gasteiger partial charge in [0.2, 0.25) is 0 Å². The maximum atomic E-state index is 13.0. The number of aliphatic imine (C=N–C) groups is 1. The molecule has 4 rings (SSSR count). The molecule has 0 aromatic heterocycles. The largest absolute Gasteiger partial charge is 0.504 e. The maximum Gasteiger partial charge on any atom is 0.416 e. The third-order valence-electron chi connectivity index (χ3n) is 5.40. The normalized spacial score (nSPS) is 18.8. The molecule has 32 heavy (non-hydrogen) atoms. The van der Waals surface area contributed by atoms with Gasteiger partial charge >= 0.3 is 6.18 Å². The summed E-state index contributed by atoms with van der Waals surface area (Å²) < 4.78 is 44.2. The molecule has 0 aliphatic carbocycles. The van der Waals surface area contributed by atoms with Crippen LogP contribution in [-0.2, 0) is 6.18 Å². The number of benzene rings is 3. The predicted octanol–water partition coefficient (Wildman–Crippen LogP) is 6.30. The average Bonchev–Trinajstić information content (AvgIpc) is 2.79. The van der Waals surface area contributed by atoms with Crippen molar-refractivity contribution in [3.05, 3.63) is 94.0 Å². The van der Waals surface area contributed by atoms with Crippen LogP contribution in [0.5, 0.6) is 11.5 Å². The van der Waals surface area contributed by atoms with Crippen LogP contribution in [-0.4, -0.2) is 17.9 Å². The fourth-order valence-corrected chi connectivity index (χ4v) is 3.86. The first-order valence-electron chi connectivity index (χ1n) is 9.88. The van der Waals surface area contributed by atoms with Crippen LogP contribution in [0.15, 0.2) is 71.7 Å². The Morgan fingerprint density at radius 2 is 1.72 bits per heavy atom. The third-order valence-corrected chi connectivity index (χ3v) is 5.65. The van der Waals surface area contributed by atoms with E-state index in [2.05, 4.69) is 5.32 Å². The first kappa shape index (κ1) is 22.2. The minimum atomic E-state index is -4.41. The lowest BCUT2D eigenvalue weighted by atomic mass is 9.93. The van der Waals surface area contributed by atoms with Crippen molar-refractivity contribution in [1.29, 1.82) is 0 Å². The summed E-state index contributed by atoms with van der Waals surface area (Å²) in [7, 11) is 1.47. The van der Waals surface area contributed by atoms with Gasteiger partial charge in [-0.05, 0) is 41.5 Å². The molecule has 0 bridgehead atoms. The van der Waals surface area contributed by atoms with E-state index in [1.165, 1.54) is 19.2 Å². The molecule has 0 saturated carbocycles. The standard InChI is InChI=1S/C24H20ClF3N2O2/c1-32-21-4-2-3-18(22(21)31)20-13-19(14-7-11-17(25)12-8-14)29-23(30-20)15-5-9-16(10-6-15)24(26,27)28/h2-12,20,23,30-31H,13H2,1H3/t20-,23+/m0/s1. The molecular weight excluding hydrogens is 441 g/mol. The Hall–Kier alpha value is -3.03. The molecule has 0 saturated heterocycles. The number of phenols is 1. The molecule has 166 valence electrons. The summed E-state index contributed by atoms with van der Waals surface area (Å²) >= 11 is 6.01. The molecule has 8 heteroatoms. The summed E-state index contributed by atoms with van der Waals surface area (Å²) in [6, 6.07) is 17.0. The number of hydrogen-bond acceptors (Lipinski definition) is 4. The van der Waals surface area contributed by atoms with Crippen molar-refractivity contribution in [3.63, 3.8) is 0 Å². The van der Waals surface area contributed by atoms with Crippen LogP contribution in [0.1, 0.15) is 40.9 Å². The van der Waals surface area contributed by atoms with E-state index < -0.39 is 17.9 Å². The van der Waals surface area contributed by atoms with Gasteiger partial charge in [-0.15, -0.1) is 0 Å². The van der Waals surface area contributed by atoms with Gasteiger partial charge in [0.05, 0.1) is 12.7 Å². The molecule has 3 aromatic carbocycles. The van der Waals surface area contributed by atoms with Gasteiger partial charge in [0.25, 0.3) is 0 Å². The van der Waals surface area contributed by atoms with Crippen molar-refractivity contribution < 1.29 is 23.0 Å². The Bertz CT molecular complexity index is 1130. The zero-order valence-corrected chi connectivity index (χ0v) is 17.8. The average molecular weight is 461 g/mol. The molecule has 1 heterocycles. The molecule has 2 atom stereocenters. The number of phenolic OH excluding ortho intramolecular Hbond substituents is 1. The topological polar surface area (TPSA) is 53.8 Å². The lowest BCUT2D eigenvalue weighted by molar-refractivity contribution is -0.137. The number of ether oxygens (including phenoxy) is 1. The molecule has 0 fully saturated rings. The number of methoxy groups -OCH3 is 1. The fourth-order valence-electron chi connectivity index (χ4n) is 3.73. The zero-order valence-electron chi connectivity index (χ0n) is 17.0. The Morgan fingerprint density at radius 3 is 2.34 bits per heavy atom. The molecule has 1 aliphatic rings. The van der Waals surface area contributed by atoms with Crippen LogP contribution in [0, 0.1) is 0 Å². The molecule has 2 N–H and O–H groups in total. The lowest BCUT2D eigenvalue weighted by Gasteiger charge is -2.31. The Balaban J connectivity index is 1.74. The van der Waals surface area contributed by atoms with E-state index in [1.54, 1.807) is 30.3 Å². The van der Waals surface area contributed by atoms with E-state index in [9.17, 15) is 18.3 Å². The van der Waals surface area contributed by atoms with Crippen molar-refractivity contribution in [2.75, 3.05) is 7.11 Å². The van der Waals surface area contributed by atoms with Crippen molar-refractivity contribution in [2.45, 2.75) is 24.8 Å². The number of alkyl halides is 3. The van der Waals surface area contributed by atoms with Gasteiger partial charge < -0.3 is 9.84 Å². The highest BCUT2D eigenvalue weighted by Crippen LogP contribution is 2.39. The molecule has 4 nitrogen and oxygen atoms in total. The summed E-state index contributed by atoms with van der Waals surface area (Å²) in [5.41, 5.74) is 2.07. The smallest absolute Gasteiger partial charge is 0.416 e. The van der Waals surface area contributed by atoms with Crippen LogP contribution in [0.3, 0.4) is 0 Å². The number of halogens is 4. The number of aromatic hydroxyl groups is 1. The third kappa shape index (κ3) is 4.59. The first-order chi connectivity index (χ1) is 15.3. The Morgan fingerprint density at radius 1 is 1.03 bits per heavy atom. The molecule has 0 spiro atoms. The van der Waals surface area contributed by atoms with E-state index in [4.69, 9.17) is 21.3 Å². The van der Waals surface area contributed by atoms with Crippen molar-refractivity contribution in [3.8, 4) is 11.5 Å². The van der Waals surface area contributed by atoms with Crippen molar-refractivity contribution in [1.82, 2.24) is 5.32 Å². The summed E-state index contributed by atoms with van der Waals surface area (Å²) in [5, 5.41) is 14.6. The molecule has 3 aromatic rings. The minimum Gasteiger partial charge on any atom is -0.504 e. The minimum absolute atomic E-state index is 0.0102. The van der Waals surface area contributed by atoms with E-state index >= 15 is 0 Å². The number of para-hydroxylation sites is 1. The number of hydrogen-bond donors (Lipinski definition) is 2. The van der Waals surface area contributed by atoms with Crippen LogP contribution in [0.25, 0.3) is 0 Å². The van der Waals surface area contributed by atoms with Crippen LogP contribution in [0.4, 0.5) is 13.2 Å². The van der Waals surface area contributed by atoms with Crippen LogP contribution < -0.4 is 10.1 Å². The highest BCUT2D eigenvalue weighted by Gasteiger charge is 2.32. The number of rotatable bonds is 4. The van der Waals surface area contributed by atoms with Gasteiger partial charge in [0, 0.05) is 28.8 Å². The highest BCUT2D eigenvalue weighted by molar-refractivity contribution is 6.30. The van der Waals surface area contributed by atoms with Gasteiger partial charge in [-0.25, -0.2) is 0 Å². The molecule has 1 aliphatic heterocycles. The fraction of sp³-hybridized carbons (Fsp3) is 0.208. The number of nitrogens with zero attached hydrogens (tertiary/aromatic N) is 1. The Kier molecular flexibility index (Phi) is 6.13. The molecule has 0 amide bonds. The van der Waals surface area contributed by atoms with Gasteiger partial charge in [0.1, 0.15) is 6.17 Å². The predicted molar refractivity (Wildman–Crippen MR) is 117 cm³/mol. The molecule has 0 unspecified atom stereocenters. The van der Waals surface area contributed by atoms with E-state index in [1.807, 2.05) is 12.1 Å². The summed E-state index contributed by atoms with van der Waals surface area (Å²) in [4.78, 5) is 4.76. The second kappa shape index (κ2) is 8.84. The molecular formula is C24H20ClF3N2O2. The summed E-state index contributed by atoms with van der Waals surface area (Å²) in [6.07, 6.45) is -4.56. The number of nitrogens with one attached hydrogen (secondary N) is 1. The Labute approximate surface area is 188 Å². The summed E-state index contributed by atoms with van der Waals surface area (Å²) in [6.45, 7) is 0. The lowest BCUT2D eigenvalue weighted by Crippen LogP contribution is -2.33. The van der Waals surface area contributed by atoms with Gasteiger partial charge in [-0.2, -0.15) is 13.2 Å². The SMILES string of the molecule is COc1cccc([C@@H]2CC(c3ccc(Cl)cc3)=N[C@@H](c3ccc(C(F)(F)F)cc3)N2)c1O. The summed E-state index contributed by atoms with van der Waals surface area (Å²) in [5.74, 6) is 0.349. The quantitative estimate of drug-likeness (QED) is 0.480. The monoisotopic (exact) mass is 460 g/mol. The van der Waals surface area contributed by atoms with E-state index in [-0.39, 0.29) is 11.8 Å². The second-order valence-corrected chi connectivity index (χ2v) is 7.86. The molecule has 0 radical (unpaired) electrons. The van der Waals surface area contributed by atoms with Gasteiger partial charge in [-0.3, -0.25) is 10.3 Å². The highest BCUT2D eigenvalue weighted by atomic mass is 35.5. The maximum absolute atomic E-state index is 13.0. The van der Waals surface area contributed by atoms with Crippen LogP contribution in [0.2, 0.25) is 5.02 Å².